The third-order valence-corrected chi connectivity index (χ3v) is 6.26. The second kappa shape index (κ2) is 10.4. The minimum atomic E-state index is -4.89. The van der Waals surface area contributed by atoms with Crippen molar-refractivity contribution >= 4 is 23.8 Å². The van der Waals surface area contributed by atoms with Gasteiger partial charge < -0.3 is 24.8 Å². The van der Waals surface area contributed by atoms with Crippen molar-refractivity contribution in [1.29, 1.82) is 0 Å². The number of alkyl halides is 3. The zero-order chi connectivity index (χ0) is 26.8. The van der Waals surface area contributed by atoms with Gasteiger partial charge in [0, 0.05) is 43.3 Å². The van der Waals surface area contributed by atoms with Crippen molar-refractivity contribution < 1.29 is 37.3 Å². The van der Waals surface area contributed by atoms with Crippen molar-refractivity contribution in [3.63, 3.8) is 0 Å². The predicted molar refractivity (Wildman–Crippen MR) is 126 cm³/mol. The van der Waals surface area contributed by atoms with Gasteiger partial charge in [-0.25, -0.2) is 19.6 Å². The summed E-state index contributed by atoms with van der Waals surface area (Å²) in [5, 5.41) is 11.6. The van der Waals surface area contributed by atoms with Gasteiger partial charge in [0.2, 0.25) is 5.95 Å². The van der Waals surface area contributed by atoms with Gasteiger partial charge in [0.15, 0.2) is 11.4 Å². The van der Waals surface area contributed by atoms with Crippen LogP contribution in [-0.2, 0) is 17.5 Å². The smallest absolute Gasteiger partial charge is 0.437 e. The number of fused-ring (bicyclic) bond motifs is 1. The zero-order valence-corrected chi connectivity index (χ0v) is 20.4. The van der Waals surface area contributed by atoms with E-state index < -0.39 is 35.2 Å². The van der Waals surface area contributed by atoms with Crippen LogP contribution < -0.4 is 19.9 Å². The maximum Gasteiger partial charge on any atom is 0.437 e. The van der Waals surface area contributed by atoms with Crippen molar-refractivity contribution in [2.24, 2.45) is 5.41 Å². The molecule has 2 amide bonds. The normalized spacial score (nSPS) is 16.8. The van der Waals surface area contributed by atoms with Gasteiger partial charge in [-0.1, -0.05) is 32.0 Å². The summed E-state index contributed by atoms with van der Waals surface area (Å²) in [4.78, 5) is 35.4. The number of aliphatic hydroxyl groups is 1. The Hall–Kier alpha value is -3.61. The molecule has 0 atom stereocenters. The lowest BCUT2D eigenvalue weighted by Gasteiger charge is -2.40. The van der Waals surface area contributed by atoms with Gasteiger partial charge in [0.1, 0.15) is 6.61 Å². The molecule has 2 aliphatic rings. The fourth-order valence-corrected chi connectivity index (χ4v) is 4.14. The average Bonchev–Trinajstić information content (AvgIpc) is 2.87. The van der Waals surface area contributed by atoms with E-state index in [1.807, 2.05) is 24.3 Å². The third kappa shape index (κ3) is 6.04. The van der Waals surface area contributed by atoms with Crippen LogP contribution >= 0.6 is 0 Å². The van der Waals surface area contributed by atoms with Crippen LogP contribution in [0.15, 0.2) is 30.5 Å². The van der Waals surface area contributed by atoms with Gasteiger partial charge in [-0.2, -0.15) is 13.2 Å². The molecule has 0 radical (unpaired) electrons. The summed E-state index contributed by atoms with van der Waals surface area (Å²) in [6.45, 7) is 3.92. The molecule has 2 aliphatic heterocycles. The highest BCUT2D eigenvalue weighted by atomic mass is 19.4. The van der Waals surface area contributed by atoms with Gasteiger partial charge in [0.05, 0.1) is 11.9 Å². The number of carbonyl (C=O) groups is 2. The Kier molecular flexibility index (Phi) is 7.44. The number of nitrogens with zero attached hydrogens (tertiary/aromatic N) is 4. The standard InChI is InChI=1S/C24H28F3N5O5/c1-23(2,14-33)13-29-21(34)37-18-11-28-20(30-19(18)24(25,26)27)31-9-7-16(8-10-31)32-17-6-4-3-5-15(17)12-36-22(32)35/h3-6,11,16,33H,7-10,12-14H2,1-2H3,(H,29,34). The molecule has 0 unspecified atom stereocenters. The molecule has 4 rings (SSSR count). The molecule has 0 aliphatic carbocycles. The molecule has 1 saturated heterocycles. The first-order chi connectivity index (χ1) is 17.5. The van der Waals surface area contributed by atoms with E-state index in [2.05, 4.69) is 15.3 Å². The fourth-order valence-electron chi connectivity index (χ4n) is 4.14. The van der Waals surface area contributed by atoms with Gasteiger partial charge in [-0.05, 0) is 18.9 Å². The van der Waals surface area contributed by atoms with E-state index in [0.717, 1.165) is 17.4 Å². The number of rotatable bonds is 6. The lowest BCUT2D eigenvalue weighted by Crippen LogP contribution is -2.49. The number of anilines is 2. The summed E-state index contributed by atoms with van der Waals surface area (Å²) in [5.74, 6) is -0.973. The second-order valence-corrected chi connectivity index (χ2v) is 9.72. The molecule has 0 saturated carbocycles. The first-order valence-corrected chi connectivity index (χ1v) is 11.8. The van der Waals surface area contributed by atoms with E-state index in [-0.39, 0.29) is 31.7 Å². The third-order valence-electron chi connectivity index (χ3n) is 6.26. The van der Waals surface area contributed by atoms with Gasteiger partial charge in [0.25, 0.3) is 0 Å². The summed E-state index contributed by atoms with van der Waals surface area (Å²) in [7, 11) is 0. The van der Waals surface area contributed by atoms with Crippen molar-refractivity contribution in [1.82, 2.24) is 15.3 Å². The van der Waals surface area contributed by atoms with E-state index in [4.69, 9.17) is 9.47 Å². The number of hydrogen-bond donors (Lipinski definition) is 2. The summed E-state index contributed by atoms with van der Waals surface area (Å²) in [5.41, 5.74) is -0.382. The molecule has 1 fully saturated rings. The van der Waals surface area contributed by atoms with E-state index in [1.54, 1.807) is 23.6 Å². The van der Waals surface area contributed by atoms with Crippen molar-refractivity contribution in [3.8, 4) is 5.75 Å². The first kappa shape index (κ1) is 26.5. The Morgan fingerprint density at radius 3 is 2.62 bits per heavy atom. The molecule has 3 heterocycles. The molecule has 1 aromatic carbocycles. The number of hydrogen-bond acceptors (Lipinski definition) is 8. The Bertz CT molecular complexity index is 1150. The number of benzene rings is 1. The minimum Gasteiger partial charge on any atom is -0.444 e. The minimum absolute atomic E-state index is 0.00734. The van der Waals surface area contributed by atoms with Gasteiger partial charge in [-0.3, -0.25) is 4.90 Å². The number of nitrogens with one attached hydrogen (secondary N) is 1. The Morgan fingerprint density at radius 1 is 1.24 bits per heavy atom. The molecule has 2 N–H and O–H groups in total. The van der Waals surface area contributed by atoms with Crippen molar-refractivity contribution in [2.45, 2.75) is 45.5 Å². The molecule has 10 nitrogen and oxygen atoms in total. The fraction of sp³-hybridized carbons (Fsp3) is 0.500. The van der Waals surface area contributed by atoms with Gasteiger partial charge in [-0.15, -0.1) is 0 Å². The zero-order valence-electron chi connectivity index (χ0n) is 20.4. The van der Waals surface area contributed by atoms with E-state index in [9.17, 15) is 27.9 Å². The van der Waals surface area contributed by atoms with Crippen LogP contribution in [0.3, 0.4) is 0 Å². The number of amides is 2. The monoisotopic (exact) mass is 523 g/mol. The highest BCUT2D eigenvalue weighted by molar-refractivity contribution is 5.91. The SMILES string of the molecule is CC(C)(CO)CNC(=O)Oc1cnc(N2CCC(N3C(=O)OCc4ccccc43)CC2)nc1C(F)(F)F. The summed E-state index contributed by atoms with van der Waals surface area (Å²) >= 11 is 0. The van der Waals surface area contributed by atoms with Crippen LogP contribution in [0.4, 0.5) is 34.4 Å². The molecule has 0 bridgehead atoms. The number of piperidine rings is 1. The maximum atomic E-state index is 13.8. The molecule has 2 aromatic rings. The van der Waals surface area contributed by atoms with Crippen molar-refractivity contribution in [3.05, 3.63) is 41.7 Å². The van der Waals surface area contributed by atoms with Crippen LogP contribution in [0.1, 0.15) is 37.9 Å². The Labute approximate surface area is 211 Å². The topological polar surface area (TPSA) is 117 Å². The predicted octanol–water partition coefficient (Wildman–Crippen LogP) is 3.73. The molecule has 200 valence electrons. The highest BCUT2D eigenvalue weighted by Gasteiger charge is 2.39. The van der Waals surface area contributed by atoms with E-state index >= 15 is 0 Å². The summed E-state index contributed by atoms with van der Waals surface area (Å²) < 4.78 is 51.4. The molecule has 1 aromatic heterocycles. The van der Waals surface area contributed by atoms with Crippen LogP contribution in [0.2, 0.25) is 0 Å². The molecular formula is C24H28F3N5O5. The summed E-state index contributed by atoms with van der Waals surface area (Å²) in [6, 6.07) is 7.24. The highest BCUT2D eigenvalue weighted by Crippen LogP contribution is 2.36. The lowest BCUT2D eigenvalue weighted by atomic mass is 9.95. The molecule has 13 heteroatoms. The van der Waals surface area contributed by atoms with Crippen LogP contribution in [-0.4, -0.2) is 59.5 Å². The Morgan fingerprint density at radius 2 is 1.95 bits per heavy atom. The van der Waals surface area contributed by atoms with Gasteiger partial charge >= 0.3 is 18.4 Å². The molecule has 37 heavy (non-hydrogen) atoms. The second-order valence-electron chi connectivity index (χ2n) is 9.72. The molecular weight excluding hydrogens is 495 g/mol. The summed E-state index contributed by atoms with van der Waals surface area (Å²) in [6.07, 6.45) is -4.69. The van der Waals surface area contributed by atoms with Crippen LogP contribution in [0.25, 0.3) is 0 Å². The lowest BCUT2D eigenvalue weighted by molar-refractivity contribution is -0.142. The number of para-hydroxylation sites is 1. The number of cyclic esters (lactones) is 1. The number of carbonyl (C=O) groups excluding carboxylic acids is 2. The number of ether oxygens (including phenoxy) is 2. The van der Waals surface area contributed by atoms with Crippen LogP contribution in [0, 0.1) is 5.41 Å². The number of halogens is 3. The number of aliphatic hydroxyl groups excluding tert-OH is 1. The molecule has 0 spiro atoms. The van der Waals surface area contributed by atoms with Crippen LogP contribution in [0.5, 0.6) is 5.75 Å². The first-order valence-electron chi connectivity index (χ1n) is 11.8. The average molecular weight is 524 g/mol. The Balaban J connectivity index is 1.45. The largest absolute Gasteiger partial charge is 0.444 e. The van der Waals surface area contributed by atoms with Crippen molar-refractivity contribution in [2.75, 3.05) is 36.0 Å². The number of aromatic nitrogens is 2. The quantitative estimate of drug-likeness (QED) is 0.589. The van der Waals surface area contributed by atoms with E-state index in [1.165, 1.54) is 0 Å². The maximum absolute atomic E-state index is 13.8. The van der Waals surface area contributed by atoms with E-state index in [0.29, 0.717) is 25.9 Å².